The van der Waals surface area contributed by atoms with E-state index in [-0.39, 0.29) is 12.0 Å². The quantitative estimate of drug-likeness (QED) is 0.674. The van der Waals surface area contributed by atoms with Crippen molar-refractivity contribution in [1.82, 2.24) is 5.32 Å². The first-order chi connectivity index (χ1) is 6.24. The highest BCUT2D eigenvalue weighted by molar-refractivity contribution is 5.75. The van der Waals surface area contributed by atoms with Crippen molar-refractivity contribution in [3.63, 3.8) is 0 Å². The highest BCUT2D eigenvalue weighted by atomic mass is 16.5. The molecule has 3 heteroatoms. The third-order valence-electron chi connectivity index (χ3n) is 2.40. The maximum absolute atomic E-state index is 11.4. The molecule has 13 heavy (non-hydrogen) atoms. The summed E-state index contributed by atoms with van der Waals surface area (Å²) < 4.78 is 5.08. The Hall–Kier alpha value is -0.570. The van der Waals surface area contributed by atoms with E-state index in [9.17, 15) is 4.79 Å². The van der Waals surface area contributed by atoms with Crippen LogP contribution >= 0.6 is 0 Å². The maximum atomic E-state index is 11.4. The minimum atomic E-state index is -0.0756. The van der Waals surface area contributed by atoms with Crippen LogP contribution in [-0.4, -0.2) is 25.2 Å². The molecule has 2 atom stereocenters. The van der Waals surface area contributed by atoms with Gasteiger partial charge in [0, 0.05) is 0 Å². The van der Waals surface area contributed by atoms with Gasteiger partial charge in [-0.2, -0.15) is 0 Å². The van der Waals surface area contributed by atoms with Gasteiger partial charge in [-0.25, -0.2) is 0 Å². The van der Waals surface area contributed by atoms with Crippen LogP contribution in [-0.2, 0) is 9.53 Å². The number of esters is 1. The smallest absolute Gasteiger partial charge is 0.323 e. The van der Waals surface area contributed by atoms with Crippen LogP contribution < -0.4 is 5.32 Å². The maximum Gasteiger partial charge on any atom is 0.323 e. The van der Waals surface area contributed by atoms with E-state index in [4.69, 9.17) is 4.74 Å². The fraction of sp³-hybridized carbons (Fsp3) is 0.900. The van der Waals surface area contributed by atoms with Gasteiger partial charge in [0.2, 0.25) is 0 Å². The molecule has 1 rings (SSSR count). The summed E-state index contributed by atoms with van der Waals surface area (Å²) in [5.41, 5.74) is 0. The molecule has 0 aromatic carbocycles. The zero-order valence-corrected chi connectivity index (χ0v) is 8.51. The predicted molar refractivity (Wildman–Crippen MR) is 51.4 cm³/mol. The standard InChI is InChI=1S/C10H19NO2/c1-3-6-13-10(12)9-7-8(2)4-5-11-9/h8-9,11H,3-7H2,1-2H3. The average Bonchev–Trinajstić information content (AvgIpc) is 2.14. The summed E-state index contributed by atoms with van der Waals surface area (Å²) in [6.07, 6.45) is 2.98. The van der Waals surface area contributed by atoms with Gasteiger partial charge in [0.1, 0.15) is 6.04 Å². The molecular formula is C10H19NO2. The highest BCUT2D eigenvalue weighted by Crippen LogP contribution is 2.15. The number of nitrogens with one attached hydrogen (secondary N) is 1. The largest absolute Gasteiger partial charge is 0.465 e. The van der Waals surface area contributed by atoms with Crippen LogP contribution in [0.4, 0.5) is 0 Å². The molecule has 1 aliphatic heterocycles. The second-order valence-electron chi connectivity index (χ2n) is 3.80. The molecule has 0 aromatic heterocycles. The van der Waals surface area contributed by atoms with Gasteiger partial charge in [-0.3, -0.25) is 4.79 Å². The lowest BCUT2D eigenvalue weighted by atomic mass is 9.94. The lowest BCUT2D eigenvalue weighted by molar-refractivity contribution is -0.147. The molecule has 0 amide bonds. The molecule has 1 fully saturated rings. The topological polar surface area (TPSA) is 38.3 Å². The van der Waals surface area contributed by atoms with Crippen molar-refractivity contribution in [2.75, 3.05) is 13.2 Å². The molecule has 0 radical (unpaired) electrons. The van der Waals surface area contributed by atoms with Crippen LogP contribution in [0.2, 0.25) is 0 Å². The van der Waals surface area contributed by atoms with Crippen molar-refractivity contribution in [2.45, 2.75) is 39.2 Å². The number of piperidine rings is 1. The summed E-state index contributed by atoms with van der Waals surface area (Å²) in [6, 6.07) is -0.0599. The van der Waals surface area contributed by atoms with Crippen molar-refractivity contribution < 1.29 is 9.53 Å². The molecule has 1 saturated heterocycles. The van der Waals surface area contributed by atoms with Crippen molar-refractivity contribution in [3.8, 4) is 0 Å². The highest BCUT2D eigenvalue weighted by Gasteiger charge is 2.25. The van der Waals surface area contributed by atoms with Crippen LogP contribution in [0, 0.1) is 5.92 Å². The molecule has 0 aliphatic carbocycles. The van der Waals surface area contributed by atoms with Gasteiger partial charge in [-0.1, -0.05) is 13.8 Å². The Labute approximate surface area is 79.8 Å². The van der Waals surface area contributed by atoms with E-state index in [0.29, 0.717) is 12.5 Å². The van der Waals surface area contributed by atoms with Gasteiger partial charge in [0.05, 0.1) is 6.61 Å². The predicted octanol–water partition coefficient (Wildman–Crippen LogP) is 1.33. The number of hydrogen-bond acceptors (Lipinski definition) is 3. The summed E-state index contributed by atoms with van der Waals surface area (Å²) in [6.45, 7) is 5.67. The Morgan fingerprint density at radius 1 is 1.62 bits per heavy atom. The number of ether oxygens (including phenoxy) is 1. The normalized spacial score (nSPS) is 28.5. The number of carbonyl (C=O) groups is 1. The molecule has 76 valence electrons. The van der Waals surface area contributed by atoms with Gasteiger partial charge >= 0.3 is 5.97 Å². The molecule has 2 unspecified atom stereocenters. The van der Waals surface area contributed by atoms with Crippen molar-refractivity contribution in [2.24, 2.45) is 5.92 Å². The Balaban J connectivity index is 2.28. The number of hydrogen-bond donors (Lipinski definition) is 1. The molecule has 0 spiro atoms. The molecule has 1 aliphatic rings. The Morgan fingerprint density at radius 2 is 2.38 bits per heavy atom. The van der Waals surface area contributed by atoms with Crippen LogP contribution in [0.3, 0.4) is 0 Å². The molecule has 0 saturated carbocycles. The van der Waals surface area contributed by atoms with Crippen LogP contribution in [0.25, 0.3) is 0 Å². The second kappa shape index (κ2) is 5.22. The van der Waals surface area contributed by atoms with Crippen LogP contribution in [0.1, 0.15) is 33.1 Å². The van der Waals surface area contributed by atoms with Crippen molar-refractivity contribution in [3.05, 3.63) is 0 Å². The summed E-state index contributed by atoms with van der Waals surface area (Å²) in [4.78, 5) is 11.4. The van der Waals surface area contributed by atoms with Gasteiger partial charge < -0.3 is 10.1 Å². The van der Waals surface area contributed by atoms with E-state index in [1.807, 2.05) is 6.92 Å². The van der Waals surface area contributed by atoms with E-state index in [1.165, 1.54) is 0 Å². The van der Waals surface area contributed by atoms with Gasteiger partial charge in [0.15, 0.2) is 0 Å². The first kappa shape index (κ1) is 10.5. The monoisotopic (exact) mass is 185 g/mol. The van der Waals surface area contributed by atoms with Crippen molar-refractivity contribution in [1.29, 1.82) is 0 Å². The Morgan fingerprint density at radius 3 is 3.00 bits per heavy atom. The zero-order valence-electron chi connectivity index (χ0n) is 8.51. The lowest BCUT2D eigenvalue weighted by Crippen LogP contribution is -2.43. The van der Waals surface area contributed by atoms with E-state index < -0.39 is 0 Å². The van der Waals surface area contributed by atoms with Gasteiger partial charge in [-0.05, 0) is 31.7 Å². The third kappa shape index (κ3) is 3.35. The number of carbonyl (C=O) groups excluding carboxylic acids is 1. The van der Waals surface area contributed by atoms with Crippen molar-refractivity contribution >= 4 is 5.97 Å². The summed E-state index contributed by atoms with van der Waals surface area (Å²) in [7, 11) is 0. The van der Waals surface area contributed by atoms with E-state index in [0.717, 1.165) is 25.8 Å². The van der Waals surface area contributed by atoms with E-state index >= 15 is 0 Å². The summed E-state index contributed by atoms with van der Waals surface area (Å²) in [5.74, 6) is 0.564. The lowest BCUT2D eigenvalue weighted by Gasteiger charge is -2.26. The average molecular weight is 185 g/mol. The fourth-order valence-corrected chi connectivity index (χ4v) is 1.59. The van der Waals surface area contributed by atoms with Crippen LogP contribution in [0.5, 0.6) is 0 Å². The minimum Gasteiger partial charge on any atom is -0.465 e. The number of rotatable bonds is 3. The van der Waals surface area contributed by atoms with Crippen LogP contribution in [0.15, 0.2) is 0 Å². The SMILES string of the molecule is CCCOC(=O)C1CC(C)CCN1. The third-order valence-corrected chi connectivity index (χ3v) is 2.40. The Bertz CT molecular complexity index is 170. The molecule has 1 N–H and O–H groups in total. The molecule has 0 aromatic rings. The summed E-state index contributed by atoms with van der Waals surface area (Å²) in [5, 5.41) is 3.18. The molecular weight excluding hydrogens is 166 g/mol. The van der Waals surface area contributed by atoms with E-state index in [1.54, 1.807) is 0 Å². The van der Waals surface area contributed by atoms with Gasteiger partial charge in [-0.15, -0.1) is 0 Å². The molecule has 3 nitrogen and oxygen atoms in total. The fourth-order valence-electron chi connectivity index (χ4n) is 1.59. The Kier molecular flexibility index (Phi) is 4.22. The summed E-state index contributed by atoms with van der Waals surface area (Å²) >= 11 is 0. The molecule has 0 bridgehead atoms. The first-order valence-electron chi connectivity index (χ1n) is 5.14. The van der Waals surface area contributed by atoms with Gasteiger partial charge in [0.25, 0.3) is 0 Å². The first-order valence-corrected chi connectivity index (χ1v) is 5.14. The molecule has 1 heterocycles. The van der Waals surface area contributed by atoms with E-state index in [2.05, 4.69) is 12.2 Å². The zero-order chi connectivity index (χ0) is 9.68. The minimum absolute atomic E-state index is 0.0599. The second-order valence-corrected chi connectivity index (χ2v) is 3.80.